The van der Waals surface area contributed by atoms with Crippen LogP contribution in [0.1, 0.15) is 5.56 Å². The summed E-state index contributed by atoms with van der Waals surface area (Å²) in [7, 11) is 0. The van der Waals surface area contributed by atoms with E-state index in [-0.39, 0.29) is 22.5 Å². The topological polar surface area (TPSA) is 59.7 Å². The molecule has 0 unspecified atom stereocenters. The first-order valence-electron chi connectivity index (χ1n) is 8.77. The van der Waals surface area contributed by atoms with Crippen LogP contribution in [0.15, 0.2) is 57.7 Å². The highest BCUT2D eigenvalue weighted by Gasteiger charge is 2.26. The van der Waals surface area contributed by atoms with Crippen LogP contribution >= 0.6 is 0 Å². The van der Waals surface area contributed by atoms with Crippen LogP contribution in [0.5, 0.6) is 11.5 Å². The van der Waals surface area contributed by atoms with Crippen molar-refractivity contribution in [2.75, 3.05) is 0 Å². The van der Waals surface area contributed by atoms with Gasteiger partial charge in [-0.3, -0.25) is 4.79 Å². The number of aromatic hydroxyl groups is 1. The van der Waals surface area contributed by atoms with E-state index in [4.69, 9.17) is 9.15 Å². The van der Waals surface area contributed by atoms with Crippen LogP contribution in [0.25, 0.3) is 22.3 Å². The molecule has 158 valence electrons. The Labute approximate surface area is 170 Å². The van der Waals surface area contributed by atoms with Crippen molar-refractivity contribution in [3.8, 4) is 22.8 Å². The molecular weight excluding hydrogens is 423 g/mol. The monoisotopic (exact) mass is 434 g/mol. The lowest BCUT2D eigenvalue weighted by Crippen LogP contribution is -2.10. The van der Waals surface area contributed by atoms with Crippen LogP contribution < -0.4 is 10.2 Å². The van der Waals surface area contributed by atoms with Crippen molar-refractivity contribution in [3.63, 3.8) is 0 Å². The molecule has 31 heavy (non-hydrogen) atoms. The molecule has 0 saturated carbocycles. The normalized spacial score (nSPS) is 11.1. The third-order valence-electron chi connectivity index (χ3n) is 4.53. The number of ether oxygens (including phenoxy) is 1. The standard InChI is InChI=1S/C22H11F5O4/c23-18-12(19(24)21(26)22(27)20(18)25)9-30-11-6-13(28)17-14(29)8-15(31-16(17)7-11)10-4-2-1-3-5-10/h1-8,28H,9H2. The second-order valence-electron chi connectivity index (χ2n) is 6.49. The maximum Gasteiger partial charge on any atom is 0.200 e. The molecular formula is C22H11F5O4. The van der Waals surface area contributed by atoms with E-state index in [2.05, 4.69) is 0 Å². The molecule has 4 rings (SSSR count). The van der Waals surface area contributed by atoms with Crippen LogP contribution in [0.4, 0.5) is 22.0 Å². The van der Waals surface area contributed by atoms with E-state index in [1.54, 1.807) is 30.3 Å². The summed E-state index contributed by atoms with van der Waals surface area (Å²) >= 11 is 0. The van der Waals surface area contributed by atoms with Gasteiger partial charge in [-0.1, -0.05) is 30.3 Å². The van der Waals surface area contributed by atoms with Gasteiger partial charge < -0.3 is 14.3 Å². The van der Waals surface area contributed by atoms with E-state index in [0.717, 1.165) is 12.1 Å². The fraction of sp³-hybridized carbons (Fsp3) is 0.0455. The molecule has 0 amide bonds. The molecule has 4 aromatic rings. The van der Waals surface area contributed by atoms with Gasteiger partial charge in [-0.25, -0.2) is 22.0 Å². The SMILES string of the molecule is O=c1cc(-c2ccccc2)oc2cc(OCc3c(F)c(F)c(F)c(F)c3F)cc(O)c12. The minimum atomic E-state index is -2.28. The molecule has 0 radical (unpaired) electrons. The molecule has 9 heteroatoms. The summed E-state index contributed by atoms with van der Waals surface area (Å²) in [6.07, 6.45) is 0. The number of hydrogen-bond donors (Lipinski definition) is 1. The second kappa shape index (κ2) is 7.75. The van der Waals surface area contributed by atoms with Crippen LogP contribution in [0.3, 0.4) is 0 Å². The Balaban J connectivity index is 1.74. The Hall–Kier alpha value is -3.88. The molecule has 0 atom stereocenters. The lowest BCUT2D eigenvalue weighted by atomic mass is 10.1. The van der Waals surface area contributed by atoms with Crippen LogP contribution in [0.2, 0.25) is 0 Å². The highest BCUT2D eigenvalue weighted by atomic mass is 19.2. The van der Waals surface area contributed by atoms with Crippen LogP contribution in [0, 0.1) is 29.1 Å². The molecule has 3 aromatic carbocycles. The molecule has 4 nitrogen and oxygen atoms in total. The fourth-order valence-electron chi connectivity index (χ4n) is 3.00. The smallest absolute Gasteiger partial charge is 0.200 e. The molecule has 0 bridgehead atoms. The third kappa shape index (κ3) is 3.58. The van der Waals surface area contributed by atoms with Gasteiger partial charge in [0.05, 0.1) is 5.56 Å². The van der Waals surface area contributed by atoms with Crippen molar-refractivity contribution in [3.05, 3.63) is 93.4 Å². The van der Waals surface area contributed by atoms with Gasteiger partial charge in [0.25, 0.3) is 0 Å². The zero-order valence-electron chi connectivity index (χ0n) is 15.4. The number of phenolic OH excluding ortho intramolecular Hbond substituents is 1. The van der Waals surface area contributed by atoms with Gasteiger partial charge in [0.15, 0.2) is 28.7 Å². The maximum absolute atomic E-state index is 13.8. The molecule has 0 saturated heterocycles. The number of phenols is 1. The van der Waals surface area contributed by atoms with E-state index < -0.39 is 52.4 Å². The van der Waals surface area contributed by atoms with Crippen molar-refractivity contribution in [2.45, 2.75) is 6.61 Å². The highest BCUT2D eigenvalue weighted by Crippen LogP contribution is 2.32. The molecule has 1 heterocycles. The van der Waals surface area contributed by atoms with Gasteiger partial charge in [0, 0.05) is 23.8 Å². The summed E-state index contributed by atoms with van der Waals surface area (Å²) in [4.78, 5) is 12.4. The molecule has 0 fully saturated rings. The predicted molar refractivity (Wildman–Crippen MR) is 100 cm³/mol. The van der Waals surface area contributed by atoms with E-state index in [1.807, 2.05) is 0 Å². The van der Waals surface area contributed by atoms with Gasteiger partial charge in [-0.15, -0.1) is 0 Å². The fourth-order valence-corrected chi connectivity index (χ4v) is 3.00. The predicted octanol–water partition coefficient (Wildman–Crippen LogP) is 5.44. The van der Waals surface area contributed by atoms with Crippen LogP contribution in [-0.4, -0.2) is 5.11 Å². The van der Waals surface area contributed by atoms with Crippen molar-refractivity contribution >= 4 is 11.0 Å². The zero-order chi connectivity index (χ0) is 22.3. The average molecular weight is 434 g/mol. The first-order chi connectivity index (χ1) is 14.8. The largest absolute Gasteiger partial charge is 0.507 e. The van der Waals surface area contributed by atoms with E-state index in [9.17, 15) is 31.9 Å². The first-order valence-corrected chi connectivity index (χ1v) is 8.77. The molecule has 1 aromatic heterocycles. The van der Waals surface area contributed by atoms with E-state index in [1.165, 1.54) is 6.07 Å². The second-order valence-corrected chi connectivity index (χ2v) is 6.49. The maximum atomic E-state index is 13.8. The summed E-state index contributed by atoms with van der Waals surface area (Å²) in [5, 5.41) is 10.0. The summed E-state index contributed by atoms with van der Waals surface area (Å²) < 4.78 is 78.3. The highest BCUT2D eigenvalue weighted by molar-refractivity contribution is 5.86. The molecule has 0 aliphatic carbocycles. The summed E-state index contributed by atoms with van der Waals surface area (Å²) in [5.74, 6) is -11.1. The van der Waals surface area contributed by atoms with Gasteiger partial charge in [-0.05, 0) is 0 Å². The number of benzene rings is 3. The molecule has 0 aliphatic heterocycles. The quantitative estimate of drug-likeness (QED) is 0.264. The van der Waals surface area contributed by atoms with Crippen molar-refractivity contribution in [1.29, 1.82) is 0 Å². The van der Waals surface area contributed by atoms with Crippen molar-refractivity contribution < 1.29 is 36.2 Å². The lowest BCUT2D eigenvalue weighted by molar-refractivity contribution is 0.278. The third-order valence-corrected chi connectivity index (χ3v) is 4.53. The Bertz CT molecular complexity index is 1340. The van der Waals surface area contributed by atoms with Crippen molar-refractivity contribution in [2.24, 2.45) is 0 Å². The minimum Gasteiger partial charge on any atom is -0.507 e. The van der Waals surface area contributed by atoms with E-state index >= 15 is 0 Å². The number of halogens is 5. The molecule has 0 spiro atoms. The van der Waals surface area contributed by atoms with Gasteiger partial charge in [0.2, 0.25) is 5.82 Å². The van der Waals surface area contributed by atoms with Gasteiger partial charge >= 0.3 is 0 Å². The molecule has 1 N–H and O–H groups in total. The Morgan fingerprint density at radius 3 is 2.10 bits per heavy atom. The number of fused-ring (bicyclic) bond motifs is 1. The number of rotatable bonds is 4. The Morgan fingerprint density at radius 1 is 0.839 bits per heavy atom. The summed E-state index contributed by atoms with van der Waals surface area (Å²) in [6.45, 7) is -1.03. The van der Waals surface area contributed by atoms with Gasteiger partial charge in [0.1, 0.15) is 34.8 Å². The minimum absolute atomic E-state index is 0.0984. The van der Waals surface area contributed by atoms with E-state index in [0.29, 0.717) is 5.56 Å². The summed E-state index contributed by atoms with van der Waals surface area (Å²) in [5.41, 5.74) is -1.26. The zero-order valence-corrected chi connectivity index (χ0v) is 15.4. The Kier molecular flexibility index (Phi) is 5.10. The Morgan fingerprint density at radius 2 is 1.45 bits per heavy atom. The first kappa shape index (κ1) is 20.4. The van der Waals surface area contributed by atoms with Crippen molar-refractivity contribution in [1.82, 2.24) is 0 Å². The average Bonchev–Trinajstić information content (AvgIpc) is 2.76. The van der Waals surface area contributed by atoms with Gasteiger partial charge in [-0.2, -0.15) is 0 Å². The van der Waals surface area contributed by atoms with Crippen LogP contribution in [-0.2, 0) is 6.61 Å². The lowest BCUT2D eigenvalue weighted by Gasteiger charge is -2.11. The summed E-state index contributed by atoms with van der Waals surface area (Å²) in [6, 6.07) is 11.9. The molecule has 0 aliphatic rings. The number of hydrogen-bond acceptors (Lipinski definition) is 4.